The van der Waals surface area contributed by atoms with Gasteiger partial charge in [-0.1, -0.05) is 54.6 Å². The van der Waals surface area contributed by atoms with Crippen molar-refractivity contribution in [2.24, 2.45) is 0 Å². The topological polar surface area (TPSA) is 29.5 Å². The van der Waals surface area contributed by atoms with E-state index in [9.17, 15) is 4.79 Å². The van der Waals surface area contributed by atoms with Gasteiger partial charge in [0.2, 0.25) is 0 Å². The maximum absolute atomic E-state index is 12.5. The summed E-state index contributed by atoms with van der Waals surface area (Å²) in [5.41, 5.74) is 3.11. The molecular weight excluding hydrogens is 390 g/mol. The summed E-state index contributed by atoms with van der Waals surface area (Å²) in [5.74, 6) is 0.583. The molecular formula is C22H20BrNO2. The number of likely N-dealkylation sites (N-methyl/N-ethyl adjacent to an activating group) is 1. The molecule has 0 aliphatic rings. The van der Waals surface area contributed by atoms with Crippen LogP contribution >= 0.6 is 15.9 Å². The Morgan fingerprint density at radius 1 is 0.923 bits per heavy atom. The van der Waals surface area contributed by atoms with Crippen LogP contribution in [0.4, 0.5) is 5.69 Å². The van der Waals surface area contributed by atoms with Gasteiger partial charge >= 0.3 is 0 Å². The van der Waals surface area contributed by atoms with Crippen LogP contribution in [0.2, 0.25) is 0 Å². The van der Waals surface area contributed by atoms with Gasteiger partial charge in [0.15, 0.2) is 6.61 Å². The van der Waals surface area contributed by atoms with E-state index >= 15 is 0 Å². The molecule has 3 rings (SSSR count). The Hall–Kier alpha value is -2.59. The summed E-state index contributed by atoms with van der Waals surface area (Å²) < 4.78 is 6.58. The molecule has 0 saturated heterocycles. The molecule has 3 aromatic carbocycles. The first-order valence-electron chi connectivity index (χ1n) is 8.52. The molecule has 26 heavy (non-hydrogen) atoms. The van der Waals surface area contributed by atoms with Crippen LogP contribution in [0.1, 0.15) is 6.92 Å². The lowest BCUT2D eigenvalue weighted by Gasteiger charge is -2.21. The van der Waals surface area contributed by atoms with Crippen LogP contribution in [0.5, 0.6) is 5.75 Å². The fourth-order valence-corrected chi connectivity index (χ4v) is 3.25. The highest BCUT2D eigenvalue weighted by atomic mass is 79.9. The molecule has 3 nitrogen and oxygen atoms in total. The average Bonchev–Trinajstić information content (AvgIpc) is 2.69. The Kier molecular flexibility index (Phi) is 6.08. The monoisotopic (exact) mass is 409 g/mol. The van der Waals surface area contributed by atoms with E-state index in [1.54, 1.807) is 4.90 Å². The molecule has 0 aromatic heterocycles. The van der Waals surface area contributed by atoms with Crippen molar-refractivity contribution in [2.75, 3.05) is 18.1 Å². The lowest BCUT2D eigenvalue weighted by molar-refractivity contribution is -0.120. The summed E-state index contributed by atoms with van der Waals surface area (Å²) in [6.07, 6.45) is 0. The number of rotatable bonds is 6. The normalized spacial score (nSPS) is 10.4. The third-order valence-corrected chi connectivity index (χ3v) is 4.70. The van der Waals surface area contributed by atoms with Gasteiger partial charge in [-0.05, 0) is 58.2 Å². The zero-order valence-electron chi connectivity index (χ0n) is 14.6. The van der Waals surface area contributed by atoms with Crippen molar-refractivity contribution >= 4 is 27.5 Å². The minimum atomic E-state index is -0.0715. The van der Waals surface area contributed by atoms with Crippen LogP contribution in [0, 0.1) is 0 Å². The van der Waals surface area contributed by atoms with E-state index in [1.165, 1.54) is 0 Å². The fourth-order valence-electron chi connectivity index (χ4n) is 2.76. The van der Waals surface area contributed by atoms with Gasteiger partial charge < -0.3 is 9.64 Å². The number of halogens is 1. The molecule has 0 unspecified atom stereocenters. The maximum atomic E-state index is 12.5. The first kappa shape index (κ1) is 18.2. The molecule has 0 spiro atoms. The van der Waals surface area contributed by atoms with Crippen molar-refractivity contribution in [3.63, 3.8) is 0 Å². The minimum absolute atomic E-state index is 0.00792. The summed E-state index contributed by atoms with van der Waals surface area (Å²) in [6, 6.07) is 25.6. The smallest absolute Gasteiger partial charge is 0.264 e. The van der Waals surface area contributed by atoms with Crippen LogP contribution in [0.3, 0.4) is 0 Å². The molecule has 0 radical (unpaired) electrons. The Morgan fingerprint density at radius 3 is 2.19 bits per heavy atom. The highest BCUT2D eigenvalue weighted by Gasteiger charge is 2.15. The Labute approximate surface area is 162 Å². The third-order valence-electron chi connectivity index (χ3n) is 4.08. The fraction of sp³-hybridized carbons (Fsp3) is 0.136. The first-order chi connectivity index (χ1) is 12.7. The first-order valence-corrected chi connectivity index (χ1v) is 9.31. The Morgan fingerprint density at radius 2 is 1.58 bits per heavy atom. The SMILES string of the molecule is CCN(C(=O)COc1ccc(-c2ccccc2)cc1Br)c1ccccc1. The van der Waals surface area contributed by atoms with Crippen molar-refractivity contribution in [1.29, 1.82) is 0 Å². The zero-order chi connectivity index (χ0) is 18.4. The number of hydrogen-bond acceptors (Lipinski definition) is 2. The molecule has 132 valence electrons. The van der Waals surface area contributed by atoms with Gasteiger partial charge in [-0.2, -0.15) is 0 Å². The highest BCUT2D eigenvalue weighted by Crippen LogP contribution is 2.30. The lowest BCUT2D eigenvalue weighted by atomic mass is 10.1. The summed E-state index contributed by atoms with van der Waals surface area (Å²) in [5, 5.41) is 0. The predicted octanol–water partition coefficient (Wildman–Crippen LogP) is 5.55. The molecule has 4 heteroatoms. The summed E-state index contributed by atoms with van der Waals surface area (Å²) >= 11 is 3.54. The Bertz CT molecular complexity index is 866. The van der Waals surface area contributed by atoms with Crippen molar-refractivity contribution in [3.8, 4) is 16.9 Å². The van der Waals surface area contributed by atoms with Crippen molar-refractivity contribution in [1.82, 2.24) is 0 Å². The van der Waals surface area contributed by atoms with E-state index < -0.39 is 0 Å². The second kappa shape index (κ2) is 8.68. The molecule has 0 N–H and O–H groups in total. The number of nitrogens with zero attached hydrogens (tertiary/aromatic N) is 1. The predicted molar refractivity (Wildman–Crippen MR) is 110 cm³/mol. The summed E-state index contributed by atoms with van der Waals surface area (Å²) in [6.45, 7) is 2.54. The number of anilines is 1. The molecule has 0 fully saturated rings. The van der Waals surface area contributed by atoms with E-state index in [0.29, 0.717) is 12.3 Å². The quantitative estimate of drug-likeness (QED) is 0.534. The molecule has 0 aliphatic heterocycles. The number of hydrogen-bond donors (Lipinski definition) is 0. The second-order valence-electron chi connectivity index (χ2n) is 5.77. The van der Waals surface area contributed by atoms with Crippen LogP contribution in [-0.4, -0.2) is 19.1 Å². The average molecular weight is 410 g/mol. The number of carbonyl (C=O) groups excluding carboxylic acids is 1. The molecule has 0 saturated carbocycles. The van der Waals surface area contributed by atoms with Crippen LogP contribution in [-0.2, 0) is 4.79 Å². The largest absolute Gasteiger partial charge is 0.483 e. The molecule has 3 aromatic rings. The van der Waals surface area contributed by atoms with Gasteiger partial charge in [-0.3, -0.25) is 4.79 Å². The number of carbonyl (C=O) groups is 1. The van der Waals surface area contributed by atoms with Gasteiger partial charge in [-0.15, -0.1) is 0 Å². The zero-order valence-corrected chi connectivity index (χ0v) is 16.1. The standard InChI is InChI=1S/C22H20BrNO2/c1-2-24(19-11-7-4-8-12-19)22(25)16-26-21-14-13-18(15-20(21)23)17-9-5-3-6-10-17/h3-15H,2,16H2,1H3. The molecule has 0 bridgehead atoms. The van der Waals surface area contributed by atoms with Crippen molar-refractivity contribution < 1.29 is 9.53 Å². The summed E-state index contributed by atoms with van der Waals surface area (Å²) in [7, 11) is 0. The third kappa shape index (κ3) is 4.33. The number of para-hydroxylation sites is 1. The second-order valence-corrected chi connectivity index (χ2v) is 6.63. The maximum Gasteiger partial charge on any atom is 0.264 e. The number of amides is 1. The summed E-state index contributed by atoms with van der Waals surface area (Å²) in [4.78, 5) is 14.2. The van der Waals surface area contributed by atoms with Gasteiger partial charge in [0.25, 0.3) is 5.91 Å². The van der Waals surface area contributed by atoms with Gasteiger partial charge in [0.05, 0.1) is 4.47 Å². The number of ether oxygens (including phenoxy) is 1. The van der Waals surface area contributed by atoms with Gasteiger partial charge in [-0.25, -0.2) is 0 Å². The highest BCUT2D eigenvalue weighted by molar-refractivity contribution is 9.10. The van der Waals surface area contributed by atoms with E-state index in [-0.39, 0.29) is 12.5 Å². The van der Waals surface area contributed by atoms with Crippen LogP contribution < -0.4 is 9.64 Å². The van der Waals surface area contributed by atoms with Gasteiger partial charge in [0, 0.05) is 12.2 Å². The van der Waals surface area contributed by atoms with E-state index in [1.807, 2.05) is 73.7 Å². The molecule has 0 aliphatic carbocycles. The number of benzene rings is 3. The van der Waals surface area contributed by atoms with Gasteiger partial charge in [0.1, 0.15) is 5.75 Å². The van der Waals surface area contributed by atoms with E-state index in [0.717, 1.165) is 21.3 Å². The van der Waals surface area contributed by atoms with E-state index in [4.69, 9.17) is 4.74 Å². The van der Waals surface area contributed by atoms with Crippen LogP contribution in [0.15, 0.2) is 83.3 Å². The Balaban J connectivity index is 1.68. The minimum Gasteiger partial charge on any atom is -0.483 e. The lowest BCUT2D eigenvalue weighted by Crippen LogP contribution is -2.34. The molecule has 1 amide bonds. The van der Waals surface area contributed by atoms with E-state index in [2.05, 4.69) is 28.1 Å². The van der Waals surface area contributed by atoms with Crippen LogP contribution in [0.25, 0.3) is 11.1 Å². The molecule has 0 heterocycles. The molecule has 0 atom stereocenters. The van der Waals surface area contributed by atoms with Crippen molar-refractivity contribution in [3.05, 3.63) is 83.3 Å². The van der Waals surface area contributed by atoms with Crippen molar-refractivity contribution in [2.45, 2.75) is 6.92 Å².